The maximum absolute atomic E-state index is 10.8. The number of hydrogen-bond acceptors (Lipinski definition) is 2. The molecular formula is C8H5NOS. The van der Waals surface area contributed by atoms with Crippen LogP contribution in [-0.2, 0) is 0 Å². The van der Waals surface area contributed by atoms with Crippen molar-refractivity contribution in [2.75, 3.05) is 0 Å². The Morgan fingerprint density at radius 3 is 3.27 bits per heavy atom. The van der Waals surface area contributed by atoms with E-state index in [2.05, 4.69) is 10.7 Å². The largest absolute Gasteiger partial charge is 0.306 e. The third kappa shape index (κ3) is 1.11. The zero-order valence-electron chi connectivity index (χ0n) is 5.63. The zero-order chi connectivity index (χ0) is 7.68. The summed E-state index contributed by atoms with van der Waals surface area (Å²) in [7, 11) is 0. The number of hydrogen-bond donors (Lipinski definition) is 1. The van der Waals surface area contributed by atoms with Crippen molar-refractivity contribution in [1.82, 2.24) is 4.98 Å². The molecule has 1 aromatic rings. The predicted molar refractivity (Wildman–Crippen MR) is 45.8 cm³/mol. The highest BCUT2D eigenvalue weighted by molar-refractivity contribution is 7.07. The number of fused-ring (bicyclic) bond motifs is 1. The molecule has 0 atom stereocenters. The van der Waals surface area contributed by atoms with Gasteiger partial charge in [-0.25, -0.2) is 0 Å². The normalized spacial score (nSPS) is 13.1. The van der Waals surface area contributed by atoms with Gasteiger partial charge in [0.15, 0.2) is 0 Å². The van der Waals surface area contributed by atoms with Crippen LogP contribution >= 0.6 is 11.3 Å². The van der Waals surface area contributed by atoms with Crippen molar-refractivity contribution in [1.29, 1.82) is 0 Å². The smallest absolute Gasteiger partial charge is 0.306 e. The topological polar surface area (TPSA) is 32.9 Å². The molecule has 1 aromatic heterocycles. The summed E-state index contributed by atoms with van der Waals surface area (Å²) < 4.78 is 0.944. The van der Waals surface area contributed by atoms with Crippen LogP contribution in [0.25, 0.3) is 11.8 Å². The quantitative estimate of drug-likeness (QED) is 0.560. The van der Waals surface area contributed by atoms with Crippen molar-refractivity contribution >= 4 is 23.1 Å². The monoisotopic (exact) mass is 163 g/mol. The Labute approximate surface area is 66.5 Å². The summed E-state index contributed by atoms with van der Waals surface area (Å²) in [5, 5.41) is 0.782. The Bertz CT molecular complexity index is 497. The highest BCUT2D eigenvalue weighted by Gasteiger charge is 1.90. The van der Waals surface area contributed by atoms with Gasteiger partial charge in [-0.15, -0.1) is 0 Å². The molecule has 54 valence electrons. The molecule has 1 heterocycles. The number of nitrogens with one attached hydrogen (secondary N) is 1. The highest BCUT2D eigenvalue weighted by atomic mass is 32.1. The molecule has 0 aliphatic heterocycles. The summed E-state index contributed by atoms with van der Waals surface area (Å²) in [6.07, 6.45) is 7.45. The average Bonchev–Trinajstić information content (AvgIpc) is 2.17. The number of H-pyrrole nitrogens is 1. The molecule has 1 aliphatic rings. The van der Waals surface area contributed by atoms with Crippen LogP contribution < -0.4 is 14.8 Å². The van der Waals surface area contributed by atoms with Gasteiger partial charge in [0, 0.05) is 0 Å². The Hall–Kier alpha value is -1.31. The van der Waals surface area contributed by atoms with Crippen LogP contribution in [0, 0.1) is 0 Å². The van der Waals surface area contributed by atoms with E-state index in [9.17, 15) is 4.79 Å². The maximum Gasteiger partial charge on any atom is 0.306 e. The molecule has 0 amide bonds. The number of allylic oxidation sites excluding steroid dienone is 3. The molecule has 11 heavy (non-hydrogen) atoms. The second-order valence-electron chi connectivity index (χ2n) is 2.12. The van der Waals surface area contributed by atoms with Crippen LogP contribution in [0.1, 0.15) is 0 Å². The molecule has 0 aromatic carbocycles. The van der Waals surface area contributed by atoms with Crippen molar-refractivity contribution in [2.45, 2.75) is 0 Å². The molecule has 1 N–H and O–H groups in total. The van der Waals surface area contributed by atoms with Crippen molar-refractivity contribution in [3.05, 3.63) is 37.8 Å². The van der Waals surface area contributed by atoms with Crippen LogP contribution in [0.5, 0.6) is 0 Å². The zero-order valence-corrected chi connectivity index (χ0v) is 6.44. The summed E-state index contributed by atoms with van der Waals surface area (Å²) in [4.78, 5) is 13.5. The molecule has 0 saturated carbocycles. The van der Waals surface area contributed by atoms with E-state index >= 15 is 0 Å². The standard InChI is InChI=1S/C8H5NOS/c10-8-9-6-4-2-1-3-5-7(6)11-8/h1-3,5H,(H,9,10). The summed E-state index contributed by atoms with van der Waals surface area (Å²) in [6.45, 7) is 0. The summed E-state index contributed by atoms with van der Waals surface area (Å²) in [6, 6.07) is 0. The van der Waals surface area contributed by atoms with E-state index in [0.717, 1.165) is 9.88 Å². The molecule has 0 spiro atoms. The second kappa shape index (κ2) is 2.38. The van der Waals surface area contributed by atoms with Gasteiger partial charge in [-0.05, 0) is 12.2 Å². The molecule has 0 bridgehead atoms. The highest BCUT2D eigenvalue weighted by Crippen LogP contribution is 1.79. The third-order valence-electron chi connectivity index (χ3n) is 1.36. The summed E-state index contributed by atoms with van der Waals surface area (Å²) in [5.74, 6) is 0. The maximum atomic E-state index is 10.8. The number of thiazole rings is 1. The number of aromatic amines is 1. The molecule has 1 aliphatic carbocycles. The fourth-order valence-electron chi connectivity index (χ4n) is 0.895. The molecule has 0 radical (unpaired) electrons. The van der Waals surface area contributed by atoms with Crippen molar-refractivity contribution in [2.24, 2.45) is 0 Å². The average molecular weight is 163 g/mol. The summed E-state index contributed by atoms with van der Waals surface area (Å²) in [5.41, 5.74) is 2.96. The third-order valence-corrected chi connectivity index (χ3v) is 2.21. The molecule has 0 fully saturated rings. The summed E-state index contributed by atoms with van der Waals surface area (Å²) >= 11 is 1.20. The lowest BCUT2D eigenvalue weighted by atomic mass is 10.5. The Morgan fingerprint density at radius 1 is 1.45 bits per heavy atom. The molecule has 2 rings (SSSR count). The van der Waals surface area contributed by atoms with Gasteiger partial charge in [0.25, 0.3) is 0 Å². The van der Waals surface area contributed by atoms with Crippen molar-refractivity contribution in [3.8, 4) is 0 Å². The minimum absolute atomic E-state index is 0.0255. The lowest BCUT2D eigenvalue weighted by Gasteiger charge is -1.66. The van der Waals surface area contributed by atoms with E-state index in [0.29, 0.717) is 0 Å². The van der Waals surface area contributed by atoms with Crippen molar-refractivity contribution < 1.29 is 0 Å². The molecule has 2 nitrogen and oxygen atoms in total. The van der Waals surface area contributed by atoms with Gasteiger partial charge in [0.2, 0.25) is 0 Å². The number of aromatic nitrogens is 1. The second-order valence-corrected chi connectivity index (χ2v) is 3.13. The molecule has 3 heteroatoms. The number of rotatable bonds is 0. The molecular weight excluding hydrogens is 158 g/mol. The van der Waals surface area contributed by atoms with Gasteiger partial charge in [-0.3, -0.25) is 4.79 Å². The fraction of sp³-hybridized carbons (Fsp3) is 0. The van der Waals surface area contributed by atoms with E-state index in [1.807, 2.05) is 18.2 Å². The van der Waals surface area contributed by atoms with Gasteiger partial charge in [0.05, 0.1) is 4.53 Å². The van der Waals surface area contributed by atoms with E-state index in [4.69, 9.17) is 0 Å². The first-order chi connectivity index (χ1) is 5.36. The SMILES string of the molecule is O=c1[nH]c2c(s1)=CC=CC=C=2. The first kappa shape index (κ1) is 6.40. The van der Waals surface area contributed by atoms with Gasteiger partial charge >= 0.3 is 4.87 Å². The van der Waals surface area contributed by atoms with Gasteiger partial charge in [-0.1, -0.05) is 29.2 Å². The van der Waals surface area contributed by atoms with Gasteiger partial charge in [0.1, 0.15) is 5.35 Å². The lowest BCUT2D eigenvalue weighted by molar-refractivity contribution is 1.27. The van der Waals surface area contributed by atoms with E-state index in [1.54, 1.807) is 6.08 Å². The van der Waals surface area contributed by atoms with Crippen molar-refractivity contribution in [3.63, 3.8) is 0 Å². The Morgan fingerprint density at radius 2 is 2.36 bits per heavy atom. The first-order valence-electron chi connectivity index (χ1n) is 3.19. The van der Waals surface area contributed by atoms with Crippen LogP contribution in [0.4, 0.5) is 0 Å². The Balaban J connectivity index is 3.08. The van der Waals surface area contributed by atoms with Gasteiger partial charge < -0.3 is 4.98 Å². The van der Waals surface area contributed by atoms with E-state index in [1.165, 1.54) is 11.3 Å². The Kier molecular flexibility index (Phi) is 1.39. The first-order valence-corrected chi connectivity index (χ1v) is 4.01. The van der Waals surface area contributed by atoms with E-state index in [-0.39, 0.29) is 4.87 Å². The van der Waals surface area contributed by atoms with Crippen LogP contribution in [-0.4, -0.2) is 4.98 Å². The van der Waals surface area contributed by atoms with E-state index < -0.39 is 0 Å². The van der Waals surface area contributed by atoms with Crippen LogP contribution in [0.15, 0.2) is 23.0 Å². The minimum Gasteiger partial charge on any atom is -0.306 e. The molecule has 0 unspecified atom stereocenters. The minimum atomic E-state index is -0.0255. The molecule has 0 saturated heterocycles. The van der Waals surface area contributed by atoms with Gasteiger partial charge in [-0.2, -0.15) is 0 Å². The lowest BCUT2D eigenvalue weighted by Crippen LogP contribution is -2.19. The fourth-order valence-corrected chi connectivity index (χ4v) is 1.61. The van der Waals surface area contributed by atoms with Crippen LogP contribution in [0.3, 0.4) is 0 Å². The van der Waals surface area contributed by atoms with Crippen LogP contribution in [0.2, 0.25) is 0 Å². The predicted octanol–water partition coefficient (Wildman–Crippen LogP) is -0.278.